The van der Waals surface area contributed by atoms with E-state index in [-0.39, 0.29) is 12.5 Å². The first-order valence-electron chi connectivity index (χ1n) is 10.6. The van der Waals surface area contributed by atoms with Gasteiger partial charge in [-0.25, -0.2) is 4.79 Å². The fraction of sp³-hybridized carbons (Fsp3) is 0.619. The second kappa shape index (κ2) is 10.4. The Kier molecular flexibility index (Phi) is 7.62. The molecule has 3 heterocycles. The summed E-state index contributed by atoms with van der Waals surface area (Å²) in [5.74, 6) is -0.0497. The predicted molar refractivity (Wildman–Crippen MR) is 109 cm³/mol. The fourth-order valence-corrected chi connectivity index (χ4v) is 3.63. The highest BCUT2D eigenvalue weighted by molar-refractivity contribution is 5.96. The first kappa shape index (κ1) is 22.0. The first-order chi connectivity index (χ1) is 14.5. The van der Waals surface area contributed by atoms with Gasteiger partial charge in [-0.3, -0.25) is 9.48 Å². The van der Waals surface area contributed by atoms with Gasteiger partial charge in [-0.2, -0.15) is 5.10 Å². The molecule has 1 N–H and O–H groups in total. The number of carbonyl (C=O) groups is 2. The third kappa shape index (κ3) is 5.08. The number of esters is 1. The second-order valence-electron chi connectivity index (χ2n) is 7.36. The number of ether oxygens (including phenoxy) is 2. The van der Waals surface area contributed by atoms with E-state index >= 15 is 0 Å². The number of aryl methyl sites for hydroxylation is 4. The van der Waals surface area contributed by atoms with Crippen LogP contribution in [0.4, 0.5) is 0 Å². The highest BCUT2D eigenvalue weighted by Gasteiger charge is 2.23. The van der Waals surface area contributed by atoms with Crippen molar-refractivity contribution in [2.45, 2.75) is 59.4 Å². The van der Waals surface area contributed by atoms with Crippen molar-refractivity contribution in [3.63, 3.8) is 0 Å². The molecule has 0 unspecified atom stereocenters. The molecule has 2 aromatic heterocycles. The predicted octanol–water partition coefficient (Wildman–Crippen LogP) is 2.38. The summed E-state index contributed by atoms with van der Waals surface area (Å²) in [5, 5.41) is 11.4. The number of nitrogens with zero attached hydrogens (tertiary/aromatic N) is 3. The number of amides is 1. The third-order valence-corrected chi connectivity index (χ3v) is 5.13. The molecular weight excluding hydrogens is 388 g/mol. The van der Waals surface area contributed by atoms with Gasteiger partial charge in [0.05, 0.1) is 29.3 Å². The van der Waals surface area contributed by atoms with Crippen molar-refractivity contribution in [1.29, 1.82) is 0 Å². The average Bonchev–Trinajstić information content (AvgIpc) is 3.24. The molecule has 3 rings (SSSR count). The zero-order valence-electron chi connectivity index (χ0n) is 18.0. The Hall–Kier alpha value is -2.68. The van der Waals surface area contributed by atoms with Crippen LogP contribution in [0.3, 0.4) is 0 Å². The van der Waals surface area contributed by atoms with E-state index in [4.69, 9.17) is 14.0 Å². The van der Waals surface area contributed by atoms with E-state index in [1.807, 2.05) is 11.6 Å². The van der Waals surface area contributed by atoms with Gasteiger partial charge in [-0.15, -0.1) is 0 Å². The number of fused-ring (bicyclic) bond motifs is 1. The van der Waals surface area contributed by atoms with Crippen LogP contribution in [0.2, 0.25) is 0 Å². The van der Waals surface area contributed by atoms with E-state index in [1.54, 1.807) is 13.8 Å². The van der Waals surface area contributed by atoms with E-state index in [0.717, 1.165) is 24.2 Å². The molecule has 9 nitrogen and oxygen atoms in total. The molecule has 0 fully saturated rings. The Morgan fingerprint density at radius 2 is 2.07 bits per heavy atom. The second-order valence-corrected chi connectivity index (χ2v) is 7.36. The van der Waals surface area contributed by atoms with Gasteiger partial charge in [0.25, 0.3) is 5.91 Å². The van der Waals surface area contributed by atoms with Crippen molar-refractivity contribution >= 4 is 11.9 Å². The van der Waals surface area contributed by atoms with Gasteiger partial charge in [0, 0.05) is 32.7 Å². The summed E-state index contributed by atoms with van der Waals surface area (Å²) in [6.07, 6.45) is 3.61. The van der Waals surface area contributed by atoms with Crippen molar-refractivity contribution in [3.8, 4) is 0 Å². The van der Waals surface area contributed by atoms with E-state index in [9.17, 15) is 9.59 Å². The SMILES string of the molecule is CCc1nn(CCCOC(=O)c2c(C)noc2C)c2c1C(=O)NCCCOCCC2. The molecule has 1 aliphatic heterocycles. The minimum absolute atomic E-state index is 0.0696. The fourth-order valence-electron chi connectivity index (χ4n) is 3.63. The quantitative estimate of drug-likeness (QED) is 0.567. The van der Waals surface area contributed by atoms with Crippen molar-refractivity contribution in [1.82, 2.24) is 20.3 Å². The lowest BCUT2D eigenvalue weighted by Crippen LogP contribution is -2.26. The van der Waals surface area contributed by atoms with Gasteiger partial charge in [-0.05, 0) is 39.5 Å². The lowest BCUT2D eigenvalue weighted by Gasteiger charge is -2.10. The van der Waals surface area contributed by atoms with Crippen LogP contribution in [0, 0.1) is 13.8 Å². The number of carbonyl (C=O) groups excluding carboxylic acids is 2. The van der Waals surface area contributed by atoms with Crippen LogP contribution in [0.15, 0.2) is 4.52 Å². The summed E-state index contributed by atoms with van der Waals surface area (Å²) in [6, 6.07) is 0. The topological polar surface area (TPSA) is 108 Å². The summed E-state index contributed by atoms with van der Waals surface area (Å²) in [6.45, 7) is 8.11. The Morgan fingerprint density at radius 3 is 2.80 bits per heavy atom. The maximum Gasteiger partial charge on any atom is 0.343 e. The summed E-state index contributed by atoms with van der Waals surface area (Å²) in [4.78, 5) is 25.0. The molecule has 9 heteroatoms. The molecule has 0 spiro atoms. The number of rotatable bonds is 6. The van der Waals surface area contributed by atoms with Crippen LogP contribution >= 0.6 is 0 Å². The minimum atomic E-state index is -0.434. The lowest BCUT2D eigenvalue weighted by atomic mass is 10.1. The molecule has 0 radical (unpaired) electrons. The third-order valence-electron chi connectivity index (χ3n) is 5.13. The monoisotopic (exact) mass is 418 g/mol. The Bertz CT molecular complexity index is 867. The highest BCUT2D eigenvalue weighted by Crippen LogP contribution is 2.19. The number of aromatic nitrogens is 3. The molecule has 0 saturated heterocycles. The van der Waals surface area contributed by atoms with Crippen LogP contribution in [0.1, 0.15) is 69.7 Å². The zero-order valence-corrected chi connectivity index (χ0v) is 18.0. The molecule has 1 amide bonds. The summed E-state index contributed by atoms with van der Waals surface area (Å²) >= 11 is 0. The molecule has 0 bridgehead atoms. The Balaban J connectivity index is 1.67. The van der Waals surface area contributed by atoms with Gasteiger partial charge in [0.2, 0.25) is 0 Å². The first-order valence-corrected chi connectivity index (χ1v) is 10.6. The number of nitrogens with one attached hydrogen (secondary N) is 1. The van der Waals surface area contributed by atoms with E-state index < -0.39 is 5.97 Å². The highest BCUT2D eigenvalue weighted by atomic mass is 16.5. The summed E-state index contributed by atoms with van der Waals surface area (Å²) < 4.78 is 17.9. The molecule has 1 aliphatic rings. The average molecular weight is 418 g/mol. The van der Waals surface area contributed by atoms with Gasteiger partial charge in [-0.1, -0.05) is 12.1 Å². The molecule has 2 aromatic rings. The van der Waals surface area contributed by atoms with Crippen molar-refractivity contribution < 1.29 is 23.6 Å². The molecular formula is C21H30N4O5. The van der Waals surface area contributed by atoms with Crippen molar-refractivity contribution in [2.75, 3.05) is 26.4 Å². The van der Waals surface area contributed by atoms with Crippen LogP contribution in [-0.2, 0) is 28.9 Å². The Morgan fingerprint density at radius 1 is 1.27 bits per heavy atom. The normalized spacial score (nSPS) is 15.2. The van der Waals surface area contributed by atoms with E-state index in [0.29, 0.717) is 68.1 Å². The maximum absolute atomic E-state index is 12.8. The maximum atomic E-state index is 12.8. The van der Waals surface area contributed by atoms with Crippen LogP contribution in [0.25, 0.3) is 0 Å². The van der Waals surface area contributed by atoms with Crippen LogP contribution in [0.5, 0.6) is 0 Å². The van der Waals surface area contributed by atoms with Crippen molar-refractivity contribution in [3.05, 3.63) is 34.0 Å². The lowest BCUT2D eigenvalue weighted by molar-refractivity contribution is 0.0491. The van der Waals surface area contributed by atoms with Crippen LogP contribution < -0.4 is 5.32 Å². The van der Waals surface area contributed by atoms with Gasteiger partial charge in [0.15, 0.2) is 0 Å². The minimum Gasteiger partial charge on any atom is -0.462 e. The summed E-state index contributed by atoms with van der Waals surface area (Å²) in [5.41, 5.74) is 3.32. The standard InChI is InChI=1S/C21H30N4O5/c1-4-16-19-17(8-5-11-28-12-6-9-22-20(19)26)25(23-16)10-7-13-29-21(27)18-14(2)24-30-15(18)3/h4-13H2,1-3H3,(H,22,26). The molecule has 0 saturated carbocycles. The smallest absolute Gasteiger partial charge is 0.343 e. The molecule has 0 aliphatic carbocycles. The molecule has 0 atom stereocenters. The molecule has 30 heavy (non-hydrogen) atoms. The van der Waals surface area contributed by atoms with E-state index in [1.165, 1.54) is 0 Å². The van der Waals surface area contributed by atoms with E-state index in [2.05, 4.69) is 15.6 Å². The van der Waals surface area contributed by atoms with Gasteiger partial charge < -0.3 is 19.3 Å². The zero-order chi connectivity index (χ0) is 21.5. The van der Waals surface area contributed by atoms with Crippen molar-refractivity contribution in [2.24, 2.45) is 0 Å². The summed E-state index contributed by atoms with van der Waals surface area (Å²) in [7, 11) is 0. The Labute approximate surface area is 176 Å². The van der Waals surface area contributed by atoms with Gasteiger partial charge >= 0.3 is 5.97 Å². The van der Waals surface area contributed by atoms with Crippen LogP contribution in [-0.4, -0.2) is 53.2 Å². The number of hydrogen-bond donors (Lipinski definition) is 1. The largest absolute Gasteiger partial charge is 0.462 e. The number of hydrogen-bond acceptors (Lipinski definition) is 7. The van der Waals surface area contributed by atoms with Gasteiger partial charge in [0.1, 0.15) is 11.3 Å². The molecule has 164 valence electrons. The molecule has 0 aromatic carbocycles.